The van der Waals surface area contributed by atoms with Gasteiger partial charge in [0.2, 0.25) is 0 Å². The second-order valence-corrected chi connectivity index (χ2v) is 6.92. The molecule has 0 radical (unpaired) electrons. The third kappa shape index (κ3) is 4.49. The predicted molar refractivity (Wildman–Crippen MR) is 102 cm³/mol. The molecule has 1 N–H and O–H groups in total. The highest BCUT2D eigenvalue weighted by atomic mass is 16.5. The van der Waals surface area contributed by atoms with E-state index in [-0.39, 0.29) is 5.91 Å². The second kappa shape index (κ2) is 8.86. The highest BCUT2D eigenvalue weighted by Crippen LogP contribution is 2.24. The Morgan fingerprint density at radius 2 is 1.79 bits per heavy atom. The Morgan fingerprint density at radius 3 is 2.32 bits per heavy atom. The Bertz CT molecular complexity index is 745. The van der Waals surface area contributed by atoms with Gasteiger partial charge in [-0.2, -0.15) is 0 Å². The number of hydrogen-bond acceptors (Lipinski definition) is 5. The molecule has 4 amide bonds. The van der Waals surface area contributed by atoms with Crippen molar-refractivity contribution >= 4 is 23.8 Å². The SMILES string of the molecule is CCC1(CC)NC(=O)N(CC(=O)O[C@H](C)C(=O)N(C)Cc2ccccc2)C1=O. The number of nitrogens with zero attached hydrogens (tertiary/aromatic N) is 2. The van der Waals surface area contributed by atoms with E-state index in [4.69, 9.17) is 4.74 Å². The summed E-state index contributed by atoms with van der Waals surface area (Å²) in [4.78, 5) is 51.6. The number of nitrogens with one attached hydrogen (secondary N) is 1. The summed E-state index contributed by atoms with van der Waals surface area (Å²) in [5, 5.41) is 2.65. The second-order valence-electron chi connectivity index (χ2n) is 6.92. The molecule has 1 aromatic carbocycles. The number of hydrogen-bond donors (Lipinski definition) is 1. The molecular formula is C20H27N3O5. The van der Waals surface area contributed by atoms with Crippen molar-refractivity contribution < 1.29 is 23.9 Å². The maximum Gasteiger partial charge on any atom is 0.327 e. The van der Waals surface area contributed by atoms with Crippen LogP contribution in [-0.4, -0.2) is 58.8 Å². The van der Waals surface area contributed by atoms with Crippen LogP contribution in [0.3, 0.4) is 0 Å². The number of amides is 4. The number of likely N-dealkylation sites (N-methyl/N-ethyl adjacent to an activating group) is 1. The first kappa shape index (κ1) is 21.4. The summed E-state index contributed by atoms with van der Waals surface area (Å²) in [6, 6.07) is 8.81. The molecule has 0 bridgehead atoms. The summed E-state index contributed by atoms with van der Waals surface area (Å²) in [6.45, 7) is 4.92. The predicted octanol–water partition coefficient (Wildman–Crippen LogP) is 1.69. The van der Waals surface area contributed by atoms with Crippen LogP contribution in [0.2, 0.25) is 0 Å². The molecule has 1 saturated heterocycles. The van der Waals surface area contributed by atoms with E-state index in [2.05, 4.69) is 5.32 Å². The molecule has 1 aliphatic heterocycles. The maximum atomic E-state index is 12.5. The lowest BCUT2D eigenvalue weighted by molar-refractivity contribution is -0.160. The molecule has 2 rings (SSSR count). The molecule has 8 nitrogen and oxygen atoms in total. The number of carbonyl (C=O) groups is 4. The highest BCUT2D eigenvalue weighted by molar-refractivity contribution is 6.08. The fourth-order valence-corrected chi connectivity index (χ4v) is 3.21. The minimum absolute atomic E-state index is 0.370. The van der Waals surface area contributed by atoms with Gasteiger partial charge in [0.05, 0.1) is 0 Å². The first-order chi connectivity index (χ1) is 13.2. The number of carbonyl (C=O) groups excluding carboxylic acids is 4. The monoisotopic (exact) mass is 389 g/mol. The van der Waals surface area contributed by atoms with Gasteiger partial charge in [-0.3, -0.25) is 19.3 Å². The number of rotatable bonds is 8. The zero-order chi connectivity index (χ0) is 20.9. The number of esters is 1. The number of benzene rings is 1. The zero-order valence-electron chi connectivity index (χ0n) is 16.7. The molecule has 152 valence electrons. The molecule has 1 atom stereocenters. The van der Waals surface area contributed by atoms with Crippen LogP contribution in [-0.2, 0) is 25.7 Å². The van der Waals surface area contributed by atoms with E-state index in [0.717, 1.165) is 10.5 Å². The van der Waals surface area contributed by atoms with Gasteiger partial charge in [0.1, 0.15) is 12.1 Å². The summed E-state index contributed by atoms with van der Waals surface area (Å²) >= 11 is 0. The van der Waals surface area contributed by atoms with Crippen LogP contribution >= 0.6 is 0 Å². The van der Waals surface area contributed by atoms with Gasteiger partial charge in [0.15, 0.2) is 6.10 Å². The fourth-order valence-electron chi connectivity index (χ4n) is 3.21. The Hall–Kier alpha value is -2.90. The Labute approximate surface area is 164 Å². The van der Waals surface area contributed by atoms with Gasteiger partial charge in [0.25, 0.3) is 11.8 Å². The van der Waals surface area contributed by atoms with E-state index in [9.17, 15) is 19.2 Å². The summed E-state index contributed by atoms with van der Waals surface area (Å²) in [7, 11) is 1.62. The van der Waals surface area contributed by atoms with E-state index >= 15 is 0 Å². The van der Waals surface area contributed by atoms with E-state index in [0.29, 0.717) is 19.4 Å². The van der Waals surface area contributed by atoms with Gasteiger partial charge in [-0.05, 0) is 25.3 Å². The molecule has 0 unspecified atom stereocenters. The largest absolute Gasteiger partial charge is 0.451 e. The van der Waals surface area contributed by atoms with Crippen LogP contribution in [0.5, 0.6) is 0 Å². The van der Waals surface area contributed by atoms with Crippen molar-refractivity contribution in [2.75, 3.05) is 13.6 Å². The molecule has 1 aliphatic rings. The third-order valence-corrected chi connectivity index (χ3v) is 5.04. The minimum atomic E-state index is -1.02. The zero-order valence-corrected chi connectivity index (χ0v) is 16.7. The van der Waals surface area contributed by atoms with Gasteiger partial charge >= 0.3 is 12.0 Å². The summed E-state index contributed by atoms with van der Waals surface area (Å²) in [5.41, 5.74) is -0.0268. The topological polar surface area (TPSA) is 96.0 Å². The van der Waals surface area contributed by atoms with E-state index in [1.54, 1.807) is 20.9 Å². The summed E-state index contributed by atoms with van der Waals surface area (Å²) in [5.74, 6) is -1.62. The Morgan fingerprint density at radius 1 is 1.18 bits per heavy atom. The quantitative estimate of drug-likeness (QED) is 0.539. The van der Waals surface area contributed by atoms with E-state index in [1.165, 1.54) is 11.8 Å². The van der Waals surface area contributed by atoms with E-state index < -0.39 is 36.1 Å². The highest BCUT2D eigenvalue weighted by Gasteiger charge is 2.49. The molecule has 8 heteroatoms. The van der Waals surface area contributed by atoms with Crippen molar-refractivity contribution in [3.63, 3.8) is 0 Å². The van der Waals surface area contributed by atoms with Crippen molar-refractivity contribution in [3.8, 4) is 0 Å². The van der Waals surface area contributed by atoms with E-state index in [1.807, 2.05) is 30.3 Å². The third-order valence-electron chi connectivity index (χ3n) is 5.04. The average molecular weight is 389 g/mol. The standard InChI is InChI=1S/C20H27N3O5/c1-5-20(6-2)18(26)23(19(27)21-20)13-16(24)28-14(3)17(25)22(4)12-15-10-8-7-9-11-15/h7-11,14H,5-6,12-13H2,1-4H3,(H,21,27)/t14-/m1/s1. The van der Waals surface area contributed by atoms with Crippen LogP contribution in [0.25, 0.3) is 0 Å². The van der Waals surface area contributed by atoms with Gasteiger partial charge in [-0.1, -0.05) is 44.2 Å². The van der Waals surface area contributed by atoms with Crippen molar-refractivity contribution in [1.29, 1.82) is 0 Å². The number of ether oxygens (including phenoxy) is 1. The molecule has 1 heterocycles. The van der Waals surface area contributed by atoms with Gasteiger partial charge in [0, 0.05) is 13.6 Å². The Balaban J connectivity index is 1.92. The van der Waals surface area contributed by atoms with Gasteiger partial charge in [-0.15, -0.1) is 0 Å². The summed E-state index contributed by atoms with van der Waals surface area (Å²) < 4.78 is 5.16. The van der Waals surface area contributed by atoms with Gasteiger partial charge < -0.3 is 15.0 Å². The van der Waals surface area contributed by atoms with Crippen molar-refractivity contribution in [3.05, 3.63) is 35.9 Å². The molecule has 1 fully saturated rings. The molecule has 0 saturated carbocycles. The van der Waals surface area contributed by atoms with Crippen molar-refractivity contribution in [1.82, 2.24) is 15.1 Å². The molecular weight excluding hydrogens is 362 g/mol. The Kier molecular flexibility index (Phi) is 6.77. The lowest BCUT2D eigenvalue weighted by Gasteiger charge is -2.23. The van der Waals surface area contributed by atoms with Crippen molar-refractivity contribution in [2.24, 2.45) is 0 Å². The molecule has 0 aromatic heterocycles. The molecule has 28 heavy (non-hydrogen) atoms. The lowest BCUT2D eigenvalue weighted by Crippen LogP contribution is -2.46. The minimum Gasteiger partial charge on any atom is -0.451 e. The molecule has 0 spiro atoms. The van der Waals surface area contributed by atoms with Crippen molar-refractivity contribution in [2.45, 2.75) is 51.8 Å². The van der Waals surface area contributed by atoms with Crippen LogP contribution in [0, 0.1) is 0 Å². The number of imide groups is 1. The van der Waals surface area contributed by atoms with Crippen LogP contribution in [0.1, 0.15) is 39.2 Å². The number of urea groups is 1. The lowest BCUT2D eigenvalue weighted by atomic mass is 9.93. The van der Waals surface area contributed by atoms with Crippen LogP contribution < -0.4 is 5.32 Å². The van der Waals surface area contributed by atoms with Crippen LogP contribution in [0.4, 0.5) is 4.79 Å². The smallest absolute Gasteiger partial charge is 0.327 e. The summed E-state index contributed by atoms with van der Waals surface area (Å²) in [6.07, 6.45) is -0.165. The normalized spacial score (nSPS) is 16.5. The first-order valence-corrected chi connectivity index (χ1v) is 9.36. The molecule has 0 aliphatic carbocycles. The average Bonchev–Trinajstić information content (AvgIpc) is 2.92. The molecule has 1 aromatic rings. The van der Waals surface area contributed by atoms with Gasteiger partial charge in [-0.25, -0.2) is 4.79 Å². The van der Waals surface area contributed by atoms with Crippen LogP contribution in [0.15, 0.2) is 30.3 Å². The fraction of sp³-hybridized carbons (Fsp3) is 0.500. The first-order valence-electron chi connectivity index (χ1n) is 9.36. The maximum absolute atomic E-state index is 12.5.